The lowest BCUT2D eigenvalue weighted by Crippen LogP contribution is -2.66. The maximum Gasteiger partial charge on any atom is 0.312 e. The maximum atomic E-state index is 13.0. The van der Waals surface area contributed by atoms with Gasteiger partial charge < -0.3 is 14.6 Å². The van der Waals surface area contributed by atoms with Gasteiger partial charge in [0.25, 0.3) is 0 Å². The van der Waals surface area contributed by atoms with Gasteiger partial charge in [0.2, 0.25) is 0 Å². The van der Waals surface area contributed by atoms with Crippen LogP contribution in [0.4, 0.5) is 0 Å². The van der Waals surface area contributed by atoms with Crippen molar-refractivity contribution in [1.82, 2.24) is 0 Å². The molecule has 0 aromatic heterocycles. The van der Waals surface area contributed by atoms with E-state index in [9.17, 15) is 14.7 Å². The van der Waals surface area contributed by atoms with Crippen LogP contribution in [0.2, 0.25) is 0 Å². The molecule has 5 nitrogen and oxygen atoms in total. The van der Waals surface area contributed by atoms with Crippen LogP contribution in [0.15, 0.2) is 0 Å². The van der Waals surface area contributed by atoms with E-state index in [-0.39, 0.29) is 23.8 Å². The number of carbonyl (C=O) groups excluding carboxylic acids is 2. The lowest BCUT2D eigenvalue weighted by atomic mass is 9.46. The van der Waals surface area contributed by atoms with Crippen LogP contribution in [0.3, 0.4) is 0 Å². The summed E-state index contributed by atoms with van der Waals surface area (Å²) in [5.74, 6) is -0.419. The molecule has 5 heteroatoms. The zero-order chi connectivity index (χ0) is 18.7. The van der Waals surface area contributed by atoms with Gasteiger partial charge in [-0.3, -0.25) is 9.59 Å². The molecule has 4 aliphatic carbocycles. The number of ether oxygens (including phenoxy) is 2. The molecule has 4 saturated carbocycles. The molecule has 0 aromatic rings. The van der Waals surface area contributed by atoms with Gasteiger partial charge in [0.15, 0.2) is 0 Å². The summed E-state index contributed by atoms with van der Waals surface area (Å²) in [7, 11) is 0. The van der Waals surface area contributed by atoms with E-state index in [1.165, 1.54) is 0 Å². The molecule has 25 heavy (non-hydrogen) atoms. The summed E-state index contributed by atoms with van der Waals surface area (Å²) in [6.07, 6.45) is 4.25. The number of aliphatic hydroxyl groups is 1. The average Bonchev–Trinajstić information content (AvgIpc) is 2.41. The molecule has 5 atom stereocenters. The van der Waals surface area contributed by atoms with E-state index in [1.807, 2.05) is 34.6 Å². The quantitative estimate of drug-likeness (QED) is 0.785. The second-order valence-corrected chi connectivity index (χ2v) is 9.93. The summed E-state index contributed by atoms with van der Waals surface area (Å²) in [5.41, 5.74) is -2.93. The van der Waals surface area contributed by atoms with Gasteiger partial charge in [0, 0.05) is 12.8 Å². The SMILES string of the molecule is CCC(C)C(=O)OC12CC3CC(O)(C1)CC(C(=O)OC(C)(C)C)(C3)C2. The first-order valence-electron chi connectivity index (χ1n) is 9.59. The fraction of sp³-hybridized carbons (Fsp3) is 0.900. The van der Waals surface area contributed by atoms with Crippen LogP contribution in [0.1, 0.15) is 79.6 Å². The number of hydrogen-bond donors (Lipinski definition) is 1. The van der Waals surface area contributed by atoms with Crippen LogP contribution in [-0.2, 0) is 19.1 Å². The van der Waals surface area contributed by atoms with Crippen LogP contribution in [-0.4, -0.2) is 33.8 Å². The molecule has 5 unspecified atom stereocenters. The average molecular weight is 352 g/mol. The Kier molecular flexibility index (Phi) is 4.26. The van der Waals surface area contributed by atoms with Gasteiger partial charge in [-0.2, -0.15) is 0 Å². The van der Waals surface area contributed by atoms with Crippen molar-refractivity contribution in [3.63, 3.8) is 0 Å². The molecule has 4 rings (SSSR count). The molecule has 0 heterocycles. The molecular formula is C20H32O5. The predicted molar refractivity (Wildman–Crippen MR) is 92.7 cm³/mol. The molecule has 4 fully saturated rings. The highest BCUT2D eigenvalue weighted by Gasteiger charge is 2.68. The van der Waals surface area contributed by atoms with E-state index in [4.69, 9.17) is 9.47 Å². The van der Waals surface area contributed by atoms with Crippen LogP contribution in [0, 0.1) is 17.3 Å². The van der Waals surface area contributed by atoms with Gasteiger partial charge in [0.05, 0.1) is 16.9 Å². The summed E-state index contributed by atoms with van der Waals surface area (Å²) in [6, 6.07) is 0. The monoisotopic (exact) mass is 352 g/mol. The lowest BCUT2D eigenvalue weighted by molar-refractivity contribution is -0.251. The summed E-state index contributed by atoms with van der Waals surface area (Å²) < 4.78 is 11.7. The van der Waals surface area contributed by atoms with Gasteiger partial charge >= 0.3 is 11.9 Å². The first-order valence-corrected chi connectivity index (χ1v) is 9.59. The van der Waals surface area contributed by atoms with Crippen LogP contribution in [0.5, 0.6) is 0 Å². The van der Waals surface area contributed by atoms with Crippen LogP contribution >= 0.6 is 0 Å². The summed E-state index contributed by atoms with van der Waals surface area (Å²) in [5, 5.41) is 11.1. The van der Waals surface area contributed by atoms with E-state index in [0.29, 0.717) is 25.7 Å². The Morgan fingerprint density at radius 3 is 2.40 bits per heavy atom. The van der Waals surface area contributed by atoms with Gasteiger partial charge in [-0.1, -0.05) is 13.8 Å². The Labute approximate surface area is 150 Å². The van der Waals surface area contributed by atoms with E-state index in [0.717, 1.165) is 19.3 Å². The van der Waals surface area contributed by atoms with Crippen molar-refractivity contribution >= 4 is 11.9 Å². The topological polar surface area (TPSA) is 72.8 Å². The standard InChI is InChI=1S/C20H32O5/c1-6-13(2)15(21)24-20-9-14-7-18(11-20,10-19(23,8-14)12-20)16(22)25-17(3,4)5/h13-14,23H,6-12H2,1-5H3. The highest BCUT2D eigenvalue weighted by Crippen LogP contribution is 2.64. The summed E-state index contributed by atoms with van der Waals surface area (Å²) >= 11 is 0. The second-order valence-electron chi connectivity index (χ2n) is 9.93. The Bertz CT molecular complexity index is 579. The summed E-state index contributed by atoms with van der Waals surface area (Å²) in [4.78, 5) is 25.4. The normalized spacial score (nSPS) is 40.6. The van der Waals surface area contributed by atoms with Crippen LogP contribution < -0.4 is 0 Å². The molecule has 0 aliphatic heterocycles. The van der Waals surface area contributed by atoms with Gasteiger partial charge in [0.1, 0.15) is 11.2 Å². The Hall–Kier alpha value is -1.10. The first-order chi connectivity index (χ1) is 11.4. The highest BCUT2D eigenvalue weighted by atomic mass is 16.6. The number of rotatable bonds is 4. The molecule has 0 aromatic carbocycles. The van der Waals surface area contributed by atoms with Crippen molar-refractivity contribution in [2.24, 2.45) is 17.3 Å². The van der Waals surface area contributed by atoms with Crippen molar-refractivity contribution in [1.29, 1.82) is 0 Å². The predicted octanol–water partition coefficient (Wildman–Crippen LogP) is 3.37. The fourth-order valence-electron chi connectivity index (χ4n) is 5.51. The summed E-state index contributed by atoms with van der Waals surface area (Å²) in [6.45, 7) is 9.40. The van der Waals surface area contributed by atoms with E-state index >= 15 is 0 Å². The smallest absolute Gasteiger partial charge is 0.312 e. The Balaban J connectivity index is 1.88. The minimum absolute atomic E-state index is 0.167. The first kappa shape index (κ1) is 18.7. The third kappa shape index (κ3) is 3.44. The van der Waals surface area contributed by atoms with Gasteiger partial charge in [-0.05, 0) is 58.8 Å². The minimum Gasteiger partial charge on any atom is -0.460 e. The second kappa shape index (κ2) is 5.70. The molecule has 4 aliphatic rings. The van der Waals surface area contributed by atoms with E-state index < -0.39 is 22.2 Å². The third-order valence-corrected chi connectivity index (χ3v) is 6.15. The van der Waals surface area contributed by atoms with E-state index in [1.54, 1.807) is 0 Å². The van der Waals surface area contributed by atoms with E-state index in [2.05, 4.69) is 0 Å². The van der Waals surface area contributed by atoms with Crippen molar-refractivity contribution in [2.75, 3.05) is 0 Å². The molecule has 0 saturated heterocycles. The lowest BCUT2D eigenvalue weighted by Gasteiger charge is -2.63. The van der Waals surface area contributed by atoms with Crippen molar-refractivity contribution < 1.29 is 24.2 Å². The number of hydrogen-bond acceptors (Lipinski definition) is 5. The molecule has 1 N–H and O–H groups in total. The van der Waals surface area contributed by atoms with Gasteiger partial charge in [-0.25, -0.2) is 0 Å². The van der Waals surface area contributed by atoms with Crippen molar-refractivity contribution in [2.45, 2.75) is 96.4 Å². The minimum atomic E-state index is -0.925. The maximum absolute atomic E-state index is 13.0. The zero-order valence-electron chi connectivity index (χ0n) is 16.2. The zero-order valence-corrected chi connectivity index (χ0v) is 16.2. The van der Waals surface area contributed by atoms with Crippen LogP contribution in [0.25, 0.3) is 0 Å². The van der Waals surface area contributed by atoms with Gasteiger partial charge in [-0.15, -0.1) is 0 Å². The third-order valence-electron chi connectivity index (χ3n) is 6.15. The Morgan fingerprint density at radius 1 is 1.16 bits per heavy atom. The number of esters is 2. The molecule has 0 amide bonds. The molecule has 4 bridgehead atoms. The van der Waals surface area contributed by atoms with Crippen molar-refractivity contribution in [3.8, 4) is 0 Å². The molecule has 142 valence electrons. The molecular weight excluding hydrogens is 320 g/mol. The highest BCUT2D eigenvalue weighted by molar-refractivity contribution is 5.79. The fourth-order valence-corrected chi connectivity index (χ4v) is 5.51. The number of carbonyl (C=O) groups is 2. The van der Waals surface area contributed by atoms with Crippen molar-refractivity contribution in [3.05, 3.63) is 0 Å². The largest absolute Gasteiger partial charge is 0.460 e. The molecule has 0 spiro atoms. The molecule has 0 radical (unpaired) electrons. The Morgan fingerprint density at radius 2 is 1.84 bits per heavy atom.